The Morgan fingerprint density at radius 1 is 1.64 bits per heavy atom. The van der Waals surface area contributed by atoms with Crippen molar-refractivity contribution in [3.05, 3.63) is 11.8 Å². The SMILES string of the molecule is Cc1cc(N=C(N)N(C)C(=N)N)no1. The summed E-state index contributed by atoms with van der Waals surface area (Å²) in [6.45, 7) is 1.75. The normalized spacial score (nSPS) is 11.4. The fourth-order valence-corrected chi connectivity index (χ4v) is 0.722. The van der Waals surface area contributed by atoms with Crippen molar-refractivity contribution in [1.82, 2.24) is 10.1 Å². The monoisotopic (exact) mass is 196 g/mol. The molecule has 14 heavy (non-hydrogen) atoms. The number of hydrogen-bond donors (Lipinski definition) is 3. The van der Waals surface area contributed by atoms with Crippen molar-refractivity contribution in [2.75, 3.05) is 7.05 Å². The van der Waals surface area contributed by atoms with E-state index in [2.05, 4.69) is 10.1 Å². The highest BCUT2D eigenvalue weighted by atomic mass is 16.5. The Balaban J connectivity index is 2.83. The molecule has 0 atom stereocenters. The number of aryl methyl sites for hydroxylation is 1. The molecule has 1 aromatic rings. The number of hydrogen-bond acceptors (Lipinski definition) is 4. The maximum atomic E-state index is 7.10. The highest BCUT2D eigenvalue weighted by Gasteiger charge is 2.05. The molecule has 0 amide bonds. The maximum absolute atomic E-state index is 7.10. The van der Waals surface area contributed by atoms with Crippen molar-refractivity contribution in [2.24, 2.45) is 16.5 Å². The van der Waals surface area contributed by atoms with Gasteiger partial charge in [0, 0.05) is 13.1 Å². The number of aromatic nitrogens is 1. The molecule has 0 saturated carbocycles. The first-order chi connectivity index (χ1) is 6.50. The molecular formula is C7H12N6O. The lowest BCUT2D eigenvalue weighted by Crippen LogP contribution is -2.42. The summed E-state index contributed by atoms with van der Waals surface area (Å²) in [6.07, 6.45) is 0. The van der Waals surface area contributed by atoms with E-state index in [1.807, 2.05) is 0 Å². The van der Waals surface area contributed by atoms with Gasteiger partial charge in [-0.15, -0.1) is 0 Å². The van der Waals surface area contributed by atoms with E-state index in [1.165, 1.54) is 11.9 Å². The van der Waals surface area contributed by atoms with Crippen LogP contribution in [0.3, 0.4) is 0 Å². The molecule has 0 spiro atoms. The zero-order valence-electron chi connectivity index (χ0n) is 7.98. The number of nitrogens with one attached hydrogen (secondary N) is 1. The Bertz CT molecular complexity index is 368. The Morgan fingerprint density at radius 2 is 2.29 bits per heavy atom. The maximum Gasteiger partial charge on any atom is 0.204 e. The summed E-state index contributed by atoms with van der Waals surface area (Å²) in [7, 11) is 1.54. The first kappa shape index (κ1) is 10.0. The van der Waals surface area contributed by atoms with Gasteiger partial charge in [-0.25, -0.2) is 0 Å². The molecule has 0 aliphatic rings. The minimum Gasteiger partial charge on any atom is -0.370 e. The van der Waals surface area contributed by atoms with E-state index < -0.39 is 0 Å². The van der Waals surface area contributed by atoms with Gasteiger partial charge in [-0.1, -0.05) is 5.16 Å². The number of guanidine groups is 2. The minimum absolute atomic E-state index is 0.0887. The van der Waals surface area contributed by atoms with E-state index in [4.69, 9.17) is 21.4 Å². The third kappa shape index (κ3) is 2.22. The molecule has 0 bridgehead atoms. The van der Waals surface area contributed by atoms with E-state index >= 15 is 0 Å². The quantitative estimate of drug-likeness (QED) is 0.423. The Morgan fingerprint density at radius 3 is 2.71 bits per heavy atom. The van der Waals surface area contributed by atoms with Gasteiger partial charge in [0.1, 0.15) is 5.76 Å². The molecule has 7 heteroatoms. The van der Waals surface area contributed by atoms with E-state index in [1.54, 1.807) is 13.0 Å². The summed E-state index contributed by atoms with van der Waals surface area (Å²) in [5.74, 6) is 0.896. The summed E-state index contributed by atoms with van der Waals surface area (Å²) >= 11 is 0. The van der Waals surface area contributed by atoms with Gasteiger partial charge in [0.25, 0.3) is 0 Å². The molecule has 0 fully saturated rings. The van der Waals surface area contributed by atoms with Crippen LogP contribution in [0, 0.1) is 12.3 Å². The van der Waals surface area contributed by atoms with Gasteiger partial charge in [-0.2, -0.15) is 4.99 Å². The second-order valence-electron chi connectivity index (χ2n) is 2.71. The van der Waals surface area contributed by atoms with Crippen molar-refractivity contribution >= 4 is 17.7 Å². The lowest BCUT2D eigenvalue weighted by atomic mass is 10.5. The molecule has 76 valence electrons. The van der Waals surface area contributed by atoms with Crippen LogP contribution in [-0.4, -0.2) is 29.0 Å². The molecule has 0 radical (unpaired) electrons. The summed E-state index contributed by atoms with van der Waals surface area (Å²) in [4.78, 5) is 5.12. The molecule has 0 saturated heterocycles. The molecule has 0 aromatic carbocycles. The Hall–Kier alpha value is -2.05. The van der Waals surface area contributed by atoms with Crippen molar-refractivity contribution in [3.8, 4) is 0 Å². The van der Waals surface area contributed by atoms with Gasteiger partial charge in [-0.3, -0.25) is 10.3 Å². The lowest BCUT2D eigenvalue weighted by Gasteiger charge is -2.13. The van der Waals surface area contributed by atoms with Crippen LogP contribution in [0.25, 0.3) is 0 Å². The van der Waals surface area contributed by atoms with E-state index in [0.29, 0.717) is 11.6 Å². The fourth-order valence-electron chi connectivity index (χ4n) is 0.722. The summed E-state index contributed by atoms with van der Waals surface area (Å²) in [6, 6.07) is 1.63. The van der Waals surface area contributed by atoms with Gasteiger partial charge >= 0.3 is 0 Å². The predicted octanol–water partition coefficient (Wildman–Crippen LogP) is -0.246. The molecule has 1 rings (SSSR count). The van der Waals surface area contributed by atoms with E-state index in [9.17, 15) is 0 Å². The molecule has 0 aliphatic carbocycles. The Kier molecular flexibility index (Phi) is 2.70. The zero-order valence-corrected chi connectivity index (χ0v) is 7.98. The van der Waals surface area contributed by atoms with Crippen LogP contribution in [0.5, 0.6) is 0 Å². The molecule has 7 nitrogen and oxygen atoms in total. The van der Waals surface area contributed by atoms with Crippen LogP contribution in [0.2, 0.25) is 0 Å². The molecule has 0 unspecified atom stereocenters. The molecule has 1 heterocycles. The molecular weight excluding hydrogens is 184 g/mol. The number of nitrogens with two attached hydrogens (primary N) is 2. The number of aliphatic imine (C=N–C) groups is 1. The van der Waals surface area contributed by atoms with Crippen LogP contribution >= 0.6 is 0 Å². The molecule has 5 N–H and O–H groups in total. The first-order valence-electron chi connectivity index (χ1n) is 3.86. The number of nitrogens with zero attached hydrogens (tertiary/aromatic N) is 3. The smallest absolute Gasteiger partial charge is 0.204 e. The highest BCUT2D eigenvalue weighted by Crippen LogP contribution is 2.10. The van der Waals surface area contributed by atoms with Crippen LogP contribution in [0.1, 0.15) is 5.76 Å². The summed E-state index contributed by atoms with van der Waals surface area (Å²) in [5, 5.41) is 10.7. The Labute approximate surface area is 80.9 Å². The summed E-state index contributed by atoms with van der Waals surface area (Å²) in [5.41, 5.74) is 10.7. The minimum atomic E-state index is -0.188. The van der Waals surface area contributed by atoms with E-state index in [0.717, 1.165) is 0 Å². The first-order valence-corrected chi connectivity index (χ1v) is 3.86. The standard InChI is InChI=1S/C7H12N6O/c1-4-3-5(12-14-4)11-7(10)13(2)6(8)9/h3H,1-2H3,(H3,8,9)(H2,10,11,12). The number of rotatable bonds is 1. The second kappa shape index (κ2) is 3.77. The van der Waals surface area contributed by atoms with Gasteiger partial charge in [0.15, 0.2) is 11.8 Å². The van der Waals surface area contributed by atoms with Crippen LogP contribution < -0.4 is 11.5 Å². The highest BCUT2D eigenvalue weighted by molar-refractivity contribution is 5.96. The van der Waals surface area contributed by atoms with Crippen LogP contribution in [0.4, 0.5) is 5.82 Å². The van der Waals surface area contributed by atoms with Crippen molar-refractivity contribution in [2.45, 2.75) is 6.92 Å². The molecule has 0 aliphatic heterocycles. The lowest BCUT2D eigenvalue weighted by molar-refractivity contribution is 0.399. The van der Waals surface area contributed by atoms with Crippen LogP contribution in [0.15, 0.2) is 15.6 Å². The van der Waals surface area contributed by atoms with E-state index in [-0.39, 0.29) is 11.9 Å². The molecule has 1 aromatic heterocycles. The van der Waals surface area contributed by atoms with Crippen molar-refractivity contribution in [1.29, 1.82) is 5.41 Å². The van der Waals surface area contributed by atoms with Gasteiger partial charge < -0.3 is 16.0 Å². The van der Waals surface area contributed by atoms with Crippen LogP contribution in [-0.2, 0) is 0 Å². The zero-order chi connectivity index (χ0) is 10.7. The topological polar surface area (TPSA) is 118 Å². The summed E-state index contributed by atoms with van der Waals surface area (Å²) < 4.78 is 4.79. The predicted molar refractivity (Wildman–Crippen MR) is 52.2 cm³/mol. The second-order valence-corrected chi connectivity index (χ2v) is 2.71. The van der Waals surface area contributed by atoms with Crippen molar-refractivity contribution < 1.29 is 4.52 Å². The van der Waals surface area contributed by atoms with Gasteiger partial charge in [-0.05, 0) is 6.92 Å². The van der Waals surface area contributed by atoms with Gasteiger partial charge in [0.2, 0.25) is 5.96 Å². The van der Waals surface area contributed by atoms with Gasteiger partial charge in [0.05, 0.1) is 0 Å². The third-order valence-electron chi connectivity index (χ3n) is 1.55. The average Bonchev–Trinajstić information content (AvgIpc) is 2.49. The fraction of sp³-hybridized carbons (Fsp3) is 0.286. The average molecular weight is 196 g/mol. The largest absolute Gasteiger partial charge is 0.370 e. The third-order valence-corrected chi connectivity index (χ3v) is 1.55. The van der Waals surface area contributed by atoms with Crippen molar-refractivity contribution in [3.63, 3.8) is 0 Å².